The predicted molar refractivity (Wildman–Crippen MR) is 70.3 cm³/mol. The van der Waals surface area contributed by atoms with Crippen molar-refractivity contribution in [3.8, 4) is 5.75 Å². The van der Waals surface area contributed by atoms with E-state index in [1.54, 1.807) is 19.2 Å². The molecular formula is C14H21F2NO2. The first kappa shape index (κ1) is 15.9. The van der Waals surface area contributed by atoms with E-state index in [1.165, 1.54) is 6.07 Å². The van der Waals surface area contributed by atoms with E-state index in [0.717, 1.165) is 12.0 Å². The number of hydrogen-bond donors (Lipinski definition) is 1. The van der Waals surface area contributed by atoms with Gasteiger partial charge in [-0.1, -0.05) is 12.1 Å². The van der Waals surface area contributed by atoms with Crippen LogP contribution in [0.15, 0.2) is 24.3 Å². The first-order valence-corrected chi connectivity index (χ1v) is 6.19. The minimum Gasteiger partial charge on any atom is -0.435 e. The number of alkyl halides is 2. The lowest BCUT2D eigenvalue weighted by molar-refractivity contribution is -0.0499. The smallest absolute Gasteiger partial charge is 0.387 e. The Morgan fingerprint density at radius 3 is 2.58 bits per heavy atom. The standard InChI is InChI=1S/C14H21F2NO2/c1-14(2,18-3)8-7-12(17)10-5-4-6-11(9-10)19-13(15)16/h4-6,9,12-13H,7-8,17H2,1-3H3. The summed E-state index contributed by atoms with van der Waals surface area (Å²) in [5, 5.41) is 0. The Hall–Kier alpha value is -1.20. The van der Waals surface area contributed by atoms with Crippen molar-refractivity contribution >= 4 is 0 Å². The molecule has 0 fully saturated rings. The fraction of sp³-hybridized carbons (Fsp3) is 0.571. The third-order valence-corrected chi connectivity index (χ3v) is 3.12. The molecule has 0 aliphatic rings. The van der Waals surface area contributed by atoms with E-state index in [-0.39, 0.29) is 17.4 Å². The molecule has 0 aliphatic heterocycles. The minimum atomic E-state index is -2.82. The van der Waals surface area contributed by atoms with Gasteiger partial charge in [0.15, 0.2) is 0 Å². The average molecular weight is 273 g/mol. The van der Waals surface area contributed by atoms with Crippen LogP contribution in [0.2, 0.25) is 0 Å². The molecule has 0 saturated carbocycles. The number of rotatable bonds is 7. The molecular weight excluding hydrogens is 252 g/mol. The van der Waals surface area contributed by atoms with Gasteiger partial charge >= 0.3 is 6.61 Å². The largest absolute Gasteiger partial charge is 0.435 e. The van der Waals surface area contributed by atoms with Crippen molar-refractivity contribution in [2.45, 2.75) is 44.9 Å². The van der Waals surface area contributed by atoms with Crippen LogP contribution in [0.4, 0.5) is 8.78 Å². The molecule has 0 saturated heterocycles. The molecule has 108 valence electrons. The molecule has 3 nitrogen and oxygen atoms in total. The van der Waals surface area contributed by atoms with Gasteiger partial charge in [-0.3, -0.25) is 0 Å². The maximum Gasteiger partial charge on any atom is 0.387 e. The lowest BCUT2D eigenvalue weighted by Gasteiger charge is -2.24. The molecule has 1 atom stereocenters. The predicted octanol–water partition coefficient (Wildman–Crippen LogP) is 3.49. The number of hydrogen-bond acceptors (Lipinski definition) is 3. The molecule has 0 aliphatic carbocycles. The van der Waals surface area contributed by atoms with E-state index in [2.05, 4.69) is 4.74 Å². The summed E-state index contributed by atoms with van der Waals surface area (Å²) in [6.07, 6.45) is 1.49. The highest BCUT2D eigenvalue weighted by molar-refractivity contribution is 5.30. The maximum absolute atomic E-state index is 12.1. The summed E-state index contributed by atoms with van der Waals surface area (Å²) < 4.78 is 33.9. The van der Waals surface area contributed by atoms with Gasteiger partial charge in [-0.25, -0.2) is 0 Å². The quantitative estimate of drug-likeness (QED) is 0.827. The van der Waals surface area contributed by atoms with E-state index >= 15 is 0 Å². The van der Waals surface area contributed by atoms with Gasteiger partial charge in [-0.05, 0) is 44.4 Å². The van der Waals surface area contributed by atoms with Crippen LogP contribution in [-0.4, -0.2) is 19.3 Å². The van der Waals surface area contributed by atoms with Gasteiger partial charge in [0.25, 0.3) is 0 Å². The second kappa shape index (κ2) is 6.82. The highest BCUT2D eigenvalue weighted by Gasteiger charge is 2.18. The third-order valence-electron chi connectivity index (χ3n) is 3.12. The first-order valence-electron chi connectivity index (χ1n) is 6.19. The Balaban J connectivity index is 2.64. The molecule has 0 bridgehead atoms. The minimum absolute atomic E-state index is 0.133. The fourth-order valence-corrected chi connectivity index (χ4v) is 1.69. The number of methoxy groups -OCH3 is 1. The zero-order chi connectivity index (χ0) is 14.5. The van der Waals surface area contributed by atoms with Crippen molar-refractivity contribution in [2.75, 3.05) is 7.11 Å². The first-order chi connectivity index (χ1) is 8.84. The number of ether oxygens (including phenoxy) is 2. The Kier molecular flexibility index (Phi) is 5.69. The second-order valence-electron chi connectivity index (χ2n) is 5.06. The third kappa shape index (κ3) is 5.53. The van der Waals surface area contributed by atoms with Crippen LogP contribution in [0.25, 0.3) is 0 Å². The summed E-state index contributed by atoms with van der Waals surface area (Å²) in [7, 11) is 1.66. The fourth-order valence-electron chi connectivity index (χ4n) is 1.69. The van der Waals surface area contributed by atoms with Gasteiger partial charge in [0.1, 0.15) is 5.75 Å². The Morgan fingerprint density at radius 2 is 2.00 bits per heavy atom. The van der Waals surface area contributed by atoms with Crippen LogP contribution >= 0.6 is 0 Å². The Morgan fingerprint density at radius 1 is 1.32 bits per heavy atom. The SMILES string of the molecule is COC(C)(C)CCC(N)c1cccc(OC(F)F)c1. The molecule has 0 radical (unpaired) electrons. The van der Waals surface area contributed by atoms with Crippen molar-refractivity contribution in [3.05, 3.63) is 29.8 Å². The molecule has 1 rings (SSSR count). The molecule has 1 unspecified atom stereocenters. The lowest BCUT2D eigenvalue weighted by Crippen LogP contribution is -2.24. The highest BCUT2D eigenvalue weighted by Crippen LogP contribution is 2.25. The van der Waals surface area contributed by atoms with Crippen LogP contribution in [-0.2, 0) is 4.74 Å². The van der Waals surface area contributed by atoms with E-state index in [9.17, 15) is 8.78 Å². The molecule has 0 heterocycles. The van der Waals surface area contributed by atoms with Crippen LogP contribution in [0.1, 0.15) is 38.3 Å². The van der Waals surface area contributed by atoms with Crippen LogP contribution in [0.3, 0.4) is 0 Å². The van der Waals surface area contributed by atoms with E-state index in [0.29, 0.717) is 6.42 Å². The van der Waals surface area contributed by atoms with Crippen LogP contribution < -0.4 is 10.5 Å². The van der Waals surface area contributed by atoms with Gasteiger partial charge in [0.05, 0.1) is 5.60 Å². The Labute approximate surface area is 112 Å². The molecule has 1 aromatic rings. The summed E-state index contributed by atoms with van der Waals surface area (Å²) in [5.41, 5.74) is 6.60. The van der Waals surface area contributed by atoms with E-state index in [1.807, 2.05) is 19.9 Å². The number of halogens is 2. The van der Waals surface area contributed by atoms with Gasteiger partial charge in [0.2, 0.25) is 0 Å². The summed E-state index contributed by atoms with van der Waals surface area (Å²) in [6, 6.07) is 6.28. The van der Waals surface area contributed by atoms with E-state index in [4.69, 9.17) is 10.5 Å². The number of nitrogens with two attached hydrogens (primary N) is 1. The monoisotopic (exact) mass is 273 g/mol. The summed E-state index contributed by atoms with van der Waals surface area (Å²) in [6.45, 7) is 1.14. The van der Waals surface area contributed by atoms with Crippen LogP contribution in [0.5, 0.6) is 5.75 Å². The van der Waals surface area contributed by atoms with Gasteiger partial charge < -0.3 is 15.2 Å². The van der Waals surface area contributed by atoms with Crippen molar-refractivity contribution in [2.24, 2.45) is 5.73 Å². The zero-order valence-electron chi connectivity index (χ0n) is 11.5. The second-order valence-corrected chi connectivity index (χ2v) is 5.06. The van der Waals surface area contributed by atoms with Crippen molar-refractivity contribution in [3.63, 3.8) is 0 Å². The van der Waals surface area contributed by atoms with Crippen molar-refractivity contribution in [1.29, 1.82) is 0 Å². The molecule has 0 aromatic heterocycles. The van der Waals surface area contributed by atoms with Crippen LogP contribution in [0, 0.1) is 0 Å². The van der Waals surface area contributed by atoms with Gasteiger partial charge in [0, 0.05) is 13.2 Å². The molecule has 2 N–H and O–H groups in total. The maximum atomic E-state index is 12.1. The molecule has 19 heavy (non-hydrogen) atoms. The normalized spacial score (nSPS) is 13.6. The molecule has 0 spiro atoms. The summed E-state index contributed by atoms with van der Waals surface area (Å²) >= 11 is 0. The van der Waals surface area contributed by atoms with Gasteiger partial charge in [-0.2, -0.15) is 8.78 Å². The summed E-state index contributed by atoms with van der Waals surface area (Å²) in [5.74, 6) is 0.133. The Bertz CT molecular complexity index is 397. The topological polar surface area (TPSA) is 44.5 Å². The molecule has 5 heteroatoms. The van der Waals surface area contributed by atoms with Crippen molar-refractivity contribution < 1.29 is 18.3 Å². The van der Waals surface area contributed by atoms with E-state index < -0.39 is 6.61 Å². The highest BCUT2D eigenvalue weighted by atomic mass is 19.3. The molecule has 0 amide bonds. The summed E-state index contributed by atoms with van der Waals surface area (Å²) in [4.78, 5) is 0. The molecule has 1 aromatic carbocycles. The number of benzene rings is 1. The van der Waals surface area contributed by atoms with Gasteiger partial charge in [-0.15, -0.1) is 0 Å². The van der Waals surface area contributed by atoms with Crippen molar-refractivity contribution in [1.82, 2.24) is 0 Å². The zero-order valence-corrected chi connectivity index (χ0v) is 11.5. The average Bonchev–Trinajstić information content (AvgIpc) is 2.35. The lowest BCUT2D eigenvalue weighted by atomic mass is 9.95.